The van der Waals surface area contributed by atoms with Crippen molar-refractivity contribution in [2.24, 2.45) is 0 Å². The molecule has 0 N–H and O–H groups in total. The number of hydrogen-bond donors (Lipinski definition) is 0. The molecular formula is C26H28F2N6O3. The molecule has 5 rings (SSSR count). The van der Waals surface area contributed by atoms with Crippen LogP contribution in [0.2, 0.25) is 0 Å². The smallest absolute Gasteiger partial charge is 0.410 e. The van der Waals surface area contributed by atoms with Crippen LogP contribution in [0.15, 0.2) is 43.1 Å². The molecule has 1 fully saturated rings. The third-order valence-electron chi connectivity index (χ3n) is 6.04. The molecule has 0 aliphatic carbocycles. The molecule has 1 atom stereocenters. The predicted octanol–water partition coefficient (Wildman–Crippen LogP) is 4.35. The molecule has 11 heteroatoms. The number of benzene rings is 1. The topological polar surface area (TPSA) is 86.8 Å². The quantitative estimate of drug-likeness (QED) is 0.406. The number of fused-ring (bicyclic) bond motifs is 1. The first-order valence-corrected chi connectivity index (χ1v) is 12.0. The first kappa shape index (κ1) is 24.8. The Balaban J connectivity index is 1.52. The number of aromatic nitrogens is 5. The van der Waals surface area contributed by atoms with E-state index in [0.29, 0.717) is 24.5 Å². The lowest BCUT2D eigenvalue weighted by Gasteiger charge is -2.34. The van der Waals surface area contributed by atoms with Gasteiger partial charge in [0, 0.05) is 31.3 Å². The summed E-state index contributed by atoms with van der Waals surface area (Å²) in [5, 5.41) is 3.95. The second kappa shape index (κ2) is 9.55. The van der Waals surface area contributed by atoms with Crippen molar-refractivity contribution in [2.75, 3.05) is 19.7 Å². The number of morpholine rings is 1. The summed E-state index contributed by atoms with van der Waals surface area (Å²) >= 11 is 0. The first-order valence-electron chi connectivity index (χ1n) is 12.0. The Hall–Kier alpha value is -3.86. The van der Waals surface area contributed by atoms with Crippen LogP contribution in [0.3, 0.4) is 0 Å². The summed E-state index contributed by atoms with van der Waals surface area (Å²) in [6.45, 7) is 8.36. The van der Waals surface area contributed by atoms with E-state index in [1.165, 1.54) is 29.5 Å². The Bertz CT molecular complexity index is 1420. The summed E-state index contributed by atoms with van der Waals surface area (Å²) < 4.78 is 45.4. The third kappa shape index (κ3) is 5.17. The lowest BCUT2D eigenvalue weighted by Crippen LogP contribution is -2.48. The monoisotopic (exact) mass is 510 g/mol. The van der Waals surface area contributed by atoms with Gasteiger partial charge in [-0.3, -0.25) is 0 Å². The van der Waals surface area contributed by atoms with E-state index in [-0.39, 0.29) is 29.9 Å². The largest absolute Gasteiger partial charge is 0.444 e. The summed E-state index contributed by atoms with van der Waals surface area (Å²) in [5.41, 5.74) is 1.64. The number of aryl methyl sites for hydroxylation is 1. The Morgan fingerprint density at radius 3 is 2.65 bits per heavy atom. The number of rotatable bonds is 4. The Morgan fingerprint density at radius 2 is 1.97 bits per heavy atom. The standard InChI is InChI=1S/C26H28F2N6O3/c1-16-5-6-33-21(12-18-13-32(7-8-36-18)25(35)37-26(2,3)4)24(31-22(33)9-16)23-19(27)10-17(11-20(23)28)34-15-29-14-30-34/h5-6,9-11,14-15,18H,7-8,12-13H2,1-4H3. The summed E-state index contributed by atoms with van der Waals surface area (Å²) in [4.78, 5) is 22.7. The minimum Gasteiger partial charge on any atom is -0.444 e. The normalized spacial score (nSPS) is 16.4. The van der Waals surface area contributed by atoms with Crippen LogP contribution in [-0.4, -0.2) is 66.5 Å². The van der Waals surface area contributed by atoms with Gasteiger partial charge in [-0.1, -0.05) is 0 Å². The minimum absolute atomic E-state index is 0.184. The summed E-state index contributed by atoms with van der Waals surface area (Å²) in [6.07, 6.45) is 3.92. The number of hydrogen-bond acceptors (Lipinski definition) is 6. The number of halogens is 2. The number of ether oxygens (including phenoxy) is 2. The number of carbonyl (C=O) groups is 1. The molecule has 0 radical (unpaired) electrons. The molecule has 1 aromatic carbocycles. The highest BCUT2D eigenvalue weighted by molar-refractivity contribution is 5.70. The van der Waals surface area contributed by atoms with Gasteiger partial charge in [-0.2, -0.15) is 5.10 Å². The Kier molecular flexibility index (Phi) is 6.40. The van der Waals surface area contributed by atoms with Crippen LogP contribution in [0.25, 0.3) is 22.6 Å². The Labute approximate surface area is 212 Å². The average molecular weight is 511 g/mol. The lowest BCUT2D eigenvalue weighted by molar-refractivity contribution is -0.0418. The van der Waals surface area contributed by atoms with Crippen molar-refractivity contribution < 1.29 is 23.0 Å². The maximum Gasteiger partial charge on any atom is 0.410 e. The van der Waals surface area contributed by atoms with E-state index < -0.39 is 29.4 Å². The van der Waals surface area contributed by atoms with Crippen molar-refractivity contribution in [1.82, 2.24) is 29.0 Å². The van der Waals surface area contributed by atoms with E-state index in [9.17, 15) is 4.79 Å². The van der Waals surface area contributed by atoms with Gasteiger partial charge in [0.15, 0.2) is 0 Å². The van der Waals surface area contributed by atoms with E-state index in [1.807, 2.05) is 50.4 Å². The Morgan fingerprint density at radius 1 is 1.22 bits per heavy atom. The van der Waals surface area contributed by atoms with E-state index in [2.05, 4.69) is 15.1 Å². The van der Waals surface area contributed by atoms with E-state index in [4.69, 9.17) is 9.47 Å². The highest BCUT2D eigenvalue weighted by Gasteiger charge is 2.31. The molecule has 194 valence electrons. The van der Waals surface area contributed by atoms with Crippen molar-refractivity contribution in [2.45, 2.75) is 45.8 Å². The zero-order valence-electron chi connectivity index (χ0n) is 21.1. The first-order chi connectivity index (χ1) is 17.6. The van der Waals surface area contributed by atoms with Gasteiger partial charge in [0.25, 0.3) is 0 Å². The molecule has 1 saturated heterocycles. The zero-order valence-corrected chi connectivity index (χ0v) is 21.1. The van der Waals surface area contributed by atoms with Gasteiger partial charge in [-0.15, -0.1) is 0 Å². The second-order valence-corrected chi connectivity index (χ2v) is 10.1. The molecule has 1 aliphatic rings. The summed E-state index contributed by atoms with van der Waals surface area (Å²) in [7, 11) is 0. The molecule has 0 saturated carbocycles. The van der Waals surface area contributed by atoms with E-state index >= 15 is 8.78 Å². The minimum atomic E-state index is -0.771. The van der Waals surface area contributed by atoms with Gasteiger partial charge in [0.05, 0.1) is 41.9 Å². The fraction of sp³-hybridized carbons (Fsp3) is 0.385. The molecule has 9 nitrogen and oxygen atoms in total. The predicted molar refractivity (Wildman–Crippen MR) is 131 cm³/mol. The molecule has 37 heavy (non-hydrogen) atoms. The third-order valence-corrected chi connectivity index (χ3v) is 6.04. The van der Waals surface area contributed by atoms with Crippen molar-refractivity contribution in [3.63, 3.8) is 0 Å². The highest BCUT2D eigenvalue weighted by atomic mass is 19.1. The number of nitrogens with zero attached hydrogens (tertiary/aromatic N) is 6. The second-order valence-electron chi connectivity index (χ2n) is 10.1. The number of imidazole rings is 1. The SMILES string of the molecule is Cc1ccn2c(CC3CN(C(=O)OC(C)(C)C)CCO3)c(-c3c(F)cc(-n4cncn4)cc3F)nc2c1. The van der Waals surface area contributed by atoms with Crippen LogP contribution in [0.4, 0.5) is 13.6 Å². The van der Waals surface area contributed by atoms with E-state index in [0.717, 1.165) is 5.56 Å². The van der Waals surface area contributed by atoms with Crippen molar-refractivity contribution in [3.05, 3.63) is 66.0 Å². The molecule has 0 spiro atoms. The summed E-state index contributed by atoms with van der Waals surface area (Å²) in [6, 6.07) is 6.15. The van der Waals surface area contributed by atoms with Crippen LogP contribution in [-0.2, 0) is 15.9 Å². The van der Waals surface area contributed by atoms with Crippen LogP contribution < -0.4 is 0 Å². The van der Waals surface area contributed by atoms with Gasteiger partial charge in [0.2, 0.25) is 0 Å². The van der Waals surface area contributed by atoms with Crippen molar-refractivity contribution >= 4 is 11.7 Å². The van der Waals surface area contributed by atoms with Gasteiger partial charge in [-0.05, 0) is 45.4 Å². The van der Waals surface area contributed by atoms with Crippen LogP contribution >= 0.6 is 0 Å². The fourth-order valence-corrected chi connectivity index (χ4v) is 4.40. The zero-order chi connectivity index (χ0) is 26.3. The van der Waals surface area contributed by atoms with Gasteiger partial charge < -0.3 is 18.8 Å². The maximum atomic E-state index is 15.4. The molecule has 1 unspecified atom stereocenters. The molecule has 3 aromatic heterocycles. The molecule has 4 aromatic rings. The highest BCUT2D eigenvalue weighted by Crippen LogP contribution is 2.32. The lowest BCUT2D eigenvalue weighted by atomic mass is 10.0. The molecular weight excluding hydrogens is 482 g/mol. The molecule has 1 aliphatic heterocycles. The van der Waals surface area contributed by atoms with Crippen molar-refractivity contribution in [3.8, 4) is 16.9 Å². The van der Waals surface area contributed by atoms with Gasteiger partial charge in [0.1, 0.15) is 35.5 Å². The average Bonchev–Trinajstić information content (AvgIpc) is 3.47. The number of pyridine rings is 1. The van der Waals surface area contributed by atoms with Crippen LogP contribution in [0.5, 0.6) is 0 Å². The summed E-state index contributed by atoms with van der Waals surface area (Å²) in [5.74, 6) is -1.54. The van der Waals surface area contributed by atoms with Gasteiger partial charge in [-0.25, -0.2) is 28.2 Å². The molecule has 1 amide bonds. The van der Waals surface area contributed by atoms with Gasteiger partial charge >= 0.3 is 6.09 Å². The molecule has 4 heterocycles. The fourth-order valence-electron chi connectivity index (χ4n) is 4.40. The van der Waals surface area contributed by atoms with Crippen LogP contribution in [0, 0.1) is 18.6 Å². The van der Waals surface area contributed by atoms with Crippen molar-refractivity contribution in [1.29, 1.82) is 0 Å². The number of amides is 1. The number of carbonyl (C=O) groups excluding carboxylic acids is 1. The molecule has 0 bridgehead atoms. The maximum absolute atomic E-state index is 15.4. The van der Waals surface area contributed by atoms with E-state index in [1.54, 1.807) is 4.90 Å². The van der Waals surface area contributed by atoms with Crippen LogP contribution in [0.1, 0.15) is 32.0 Å².